The summed E-state index contributed by atoms with van der Waals surface area (Å²) in [4.78, 5) is 11.4. The molecule has 0 fully saturated rings. The Bertz CT molecular complexity index is 461. The Morgan fingerprint density at radius 2 is 2.24 bits per heavy atom. The highest BCUT2D eigenvalue weighted by Gasteiger charge is 2.11. The van der Waals surface area contributed by atoms with Crippen LogP contribution in [-0.4, -0.2) is 12.6 Å². The van der Waals surface area contributed by atoms with Gasteiger partial charge in [-0.1, -0.05) is 6.07 Å². The second-order valence-corrected chi connectivity index (χ2v) is 3.73. The first-order chi connectivity index (χ1) is 8.12. The molecule has 0 radical (unpaired) electrons. The fraction of sp³-hybridized carbons (Fsp3) is 0.385. The molecule has 2 N–H and O–H groups in total. The van der Waals surface area contributed by atoms with Crippen molar-refractivity contribution in [3.8, 4) is 6.07 Å². The Hall–Kier alpha value is -1.86. The van der Waals surface area contributed by atoms with Crippen molar-refractivity contribution in [3.63, 3.8) is 0 Å². The van der Waals surface area contributed by atoms with Crippen LogP contribution in [0.25, 0.3) is 0 Å². The van der Waals surface area contributed by atoms with Gasteiger partial charge in [-0.3, -0.25) is 4.79 Å². The lowest BCUT2D eigenvalue weighted by molar-refractivity contribution is -0.142. The van der Waals surface area contributed by atoms with Gasteiger partial charge in [0, 0.05) is 6.54 Å². The average molecular weight is 232 g/mol. The van der Waals surface area contributed by atoms with Crippen LogP contribution in [0.4, 0.5) is 0 Å². The minimum absolute atomic E-state index is 0.183. The van der Waals surface area contributed by atoms with Crippen LogP contribution < -0.4 is 5.73 Å². The van der Waals surface area contributed by atoms with Crippen LogP contribution in [0.3, 0.4) is 0 Å². The van der Waals surface area contributed by atoms with Crippen LogP contribution in [0, 0.1) is 18.3 Å². The third-order valence-electron chi connectivity index (χ3n) is 2.57. The molecule has 0 amide bonds. The third-order valence-corrected chi connectivity index (χ3v) is 2.57. The maximum atomic E-state index is 11.4. The first kappa shape index (κ1) is 13.2. The molecule has 0 aliphatic rings. The zero-order valence-electron chi connectivity index (χ0n) is 10.1. The van der Waals surface area contributed by atoms with Gasteiger partial charge in [0.2, 0.25) is 0 Å². The average Bonchev–Trinajstić information content (AvgIpc) is 2.32. The fourth-order valence-electron chi connectivity index (χ4n) is 1.63. The Kier molecular flexibility index (Phi) is 4.68. The van der Waals surface area contributed by atoms with Crippen molar-refractivity contribution in [3.05, 3.63) is 34.4 Å². The van der Waals surface area contributed by atoms with Gasteiger partial charge in [0.15, 0.2) is 0 Å². The van der Waals surface area contributed by atoms with Crippen molar-refractivity contribution in [1.29, 1.82) is 5.26 Å². The van der Waals surface area contributed by atoms with Crippen molar-refractivity contribution in [1.82, 2.24) is 0 Å². The van der Waals surface area contributed by atoms with E-state index in [1.165, 1.54) is 0 Å². The molecule has 4 heteroatoms. The maximum Gasteiger partial charge on any atom is 0.310 e. The smallest absolute Gasteiger partial charge is 0.310 e. The molecule has 0 unspecified atom stereocenters. The molecule has 4 nitrogen and oxygen atoms in total. The van der Waals surface area contributed by atoms with Gasteiger partial charge in [-0.2, -0.15) is 5.26 Å². The second kappa shape index (κ2) is 6.02. The topological polar surface area (TPSA) is 76.1 Å². The van der Waals surface area contributed by atoms with Gasteiger partial charge in [-0.25, -0.2) is 0 Å². The number of hydrogen-bond acceptors (Lipinski definition) is 4. The summed E-state index contributed by atoms with van der Waals surface area (Å²) in [5.74, 6) is -0.284. The zero-order chi connectivity index (χ0) is 12.8. The molecule has 0 aromatic heterocycles. The van der Waals surface area contributed by atoms with E-state index in [1.54, 1.807) is 13.0 Å². The van der Waals surface area contributed by atoms with E-state index in [0.717, 1.165) is 16.7 Å². The van der Waals surface area contributed by atoms with E-state index < -0.39 is 0 Å². The number of ether oxygens (including phenoxy) is 1. The first-order valence-electron chi connectivity index (χ1n) is 5.50. The Balaban J connectivity index is 3.06. The molecule has 90 valence electrons. The van der Waals surface area contributed by atoms with Crippen molar-refractivity contribution < 1.29 is 9.53 Å². The molecule has 1 rings (SSSR count). The van der Waals surface area contributed by atoms with Crippen molar-refractivity contribution in [2.24, 2.45) is 5.73 Å². The normalized spacial score (nSPS) is 9.76. The number of carbonyl (C=O) groups is 1. The second-order valence-electron chi connectivity index (χ2n) is 3.73. The highest BCUT2D eigenvalue weighted by Crippen LogP contribution is 2.17. The van der Waals surface area contributed by atoms with E-state index in [-0.39, 0.29) is 12.4 Å². The monoisotopic (exact) mass is 232 g/mol. The summed E-state index contributed by atoms with van der Waals surface area (Å²) in [6, 6.07) is 5.72. The van der Waals surface area contributed by atoms with Gasteiger partial charge in [0.1, 0.15) is 0 Å². The summed E-state index contributed by atoms with van der Waals surface area (Å²) in [6.07, 6.45) is 0.183. The van der Waals surface area contributed by atoms with Crippen LogP contribution >= 0.6 is 0 Å². The minimum Gasteiger partial charge on any atom is -0.466 e. The molecule has 0 saturated carbocycles. The van der Waals surface area contributed by atoms with E-state index in [2.05, 4.69) is 6.07 Å². The molecular formula is C13H16N2O2. The predicted octanol–water partition coefficient (Wildman–Crippen LogP) is 1.43. The quantitative estimate of drug-likeness (QED) is 0.797. The Morgan fingerprint density at radius 1 is 1.53 bits per heavy atom. The molecule has 1 aromatic rings. The standard InChI is InChI=1S/C13H16N2O2/c1-3-17-13(16)6-11-4-10(7-14)5-12(8-15)9(11)2/h4-5H,3,6-7,14H2,1-2H3. The van der Waals surface area contributed by atoms with Crippen LogP contribution in [0.1, 0.15) is 29.2 Å². The Labute approximate surface area is 101 Å². The molecule has 0 atom stereocenters. The number of nitriles is 1. The van der Waals surface area contributed by atoms with Crippen molar-refractivity contribution in [2.75, 3.05) is 6.61 Å². The van der Waals surface area contributed by atoms with E-state index in [9.17, 15) is 4.79 Å². The largest absolute Gasteiger partial charge is 0.466 e. The first-order valence-corrected chi connectivity index (χ1v) is 5.50. The number of nitrogens with zero attached hydrogens (tertiary/aromatic N) is 1. The predicted molar refractivity (Wildman–Crippen MR) is 64.1 cm³/mol. The molecule has 0 aliphatic heterocycles. The van der Waals surface area contributed by atoms with Gasteiger partial charge >= 0.3 is 5.97 Å². The molecule has 1 aromatic carbocycles. The lowest BCUT2D eigenvalue weighted by atomic mass is 9.97. The van der Waals surface area contributed by atoms with Crippen molar-refractivity contribution in [2.45, 2.75) is 26.8 Å². The molecule has 0 heterocycles. The SMILES string of the molecule is CCOC(=O)Cc1cc(CN)cc(C#N)c1C. The lowest BCUT2D eigenvalue weighted by Crippen LogP contribution is -2.10. The van der Waals surface area contributed by atoms with E-state index in [0.29, 0.717) is 18.7 Å². The lowest BCUT2D eigenvalue weighted by Gasteiger charge is -2.09. The molecular weight excluding hydrogens is 216 g/mol. The fourth-order valence-corrected chi connectivity index (χ4v) is 1.63. The van der Waals surface area contributed by atoms with E-state index in [1.807, 2.05) is 13.0 Å². The van der Waals surface area contributed by atoms with E-state index >= 15 is 0 Å². The number of benzene rings is 1. The van der Waals surface area contributed by atoms with Gasteiger partial charge in [0.25, 0.3) is 0 Å². The summed E-state index contributed by atoms with van der Waals surface area (Å²) in [5.41, 5.74) is 8.60. The number of nitrogens with two attached hydrogens (primary N) is 1. The molecule has 0 aliphatic carbocycles. The third kappa shape index (κ3) is 3.30. The van der Waals surface area contributed by atoms with Gasteiger partial charge in [-0.05, 0) is 36.6 Å². The van der Waals surface area contributed by atoms with E-state index in [4.69, 9.17) is 15.7 Å². The molecule has 0 spiro atoms. The summed E-state index contributed by atoms with van der Waals surface area (Å²) in [7, 11) is 0. The Morgan fingerprint density at radius 3 is 2.76 bits per heavy atom. The maximum absolute atomic E-state index is 11.4. The number of rotatable bonds is 4. The summed E-state index contributed by atoms with van der Waals surface area (Å²) in [5, 5.41) is 8.99. The van der Waals surface area contributed by atoms with Gasteiger partial charge in [-0.15, -0.1) is 0 Å². The van der Waals surface area contributed by atoms with Gasteiger partial charge in [0.05, 0.1) is 24.7 Å². The van der Waals surface area contributed by atoms with Crippen LogP contribution in [0.2, 0.25) is 0 Å². The molecule has 0 bridgehead atoms. The summed E-state index contributed by atoms with van der Waals surface area (Å²) >= 11 is 0. The highest BCUT2D eigenvalue weighted by molar-refractivity contribution is 5.73. The van der Waals surface area contributed by atoms with Crippen LogP contribution in [0.15, 0.2) is 12.1 Å². The molecule has 0 saturated heterocycles. The van der Waals surface area contributed by atoms with Crippen LogP contribution in [-0.2, 0) is 22.5 Å². The summed E-state index contributed by atoms with van der Waals surface area (Å²) < 4.78 is 4.89. The van der Waals surface area contributed by atoms with Gasteiger partial charge < -0.3 is 10.5 Å². The zero-order valence-corrected chi connectivity index (χ0v) is 10.1. The minimum atomic E-state index is -0.284. The summed E-state index contributed by atoms with van der Waals surface area (Å²) in [6.45, 7) is 4.31. The number of hydrogen-bond donors (Lipinski definition) is 1. The van der Waals surface area contributed by atoms with Crippen molar-refractivity contribution >= 4 is 5.97 Å². The molecule has 17 heavy (non-hydrogen) atoms. The van der Waals surface area contributed by atoms with Crippen LogP contribution in [0.5, 0.6) is 0 Å². The highest BCUT2D eigenvalue weighted by atomic mass is 16.5. The number of esters is 1. The number of carbonyl (C=O) groups excluding carboxylic acids is 1.